The molecule has 4 heteroatoms. The fraction of sp³-hybridized carbons (Fsp3) is 0.625. The molecule has 1 aromatic heterocycles. The number of pyridine rings is 1. The van der Waals surface area contributed by atoms with Crippen molar-refractivity contribution >= 4 is 5.69 Å². The highest BCUT2D eigenvalue weighted by molar-refractivity contribution is 5.65. The summed E-state index contributed by atoms with van der Waals surface area (Å²) >= 11 is 0. The summed E-state index contributed by atoms with van der Waals surface area (Å²) in [7, 11) is 0. The van der Waals surface area contributed by atoms with Crippen LogP contribution >= 0.6 is 0 Å². The van der Waals surface area contributed by atoms with E-state index in [1.165, 1.54) is 43.4 Å². The monoisotopic (exact) mass is 268 g/mol. The van der Waals surface area contributed by atoms with E-state index in [4.69, 9.17) is 0 Å². The maximum Gasteiger partial charge on any atom is 0.141 e. The van der Waals surface area contributed by atoms with Crippen molar-refractivity contribution < 1.29 is 0 Å². The van der Waals surface area contributed by atoms with Crippen molar-refractivity contribution in [3.05, 3.63) is 23.0 Å². The van der Waals surface area contributed by atoms with Gasteiger partial charge in [0.15, 0.2) is 0 Å². The summed E-state index contributed by atoms with van der Waals surface area (Å²) in [6.07, 6.45) is 6.24. The molecule has 0 bridgehead atoms. The second kappa shape index (κ2) is 3.95. The van der Waals surface area contributed by atoms with Gasteiger partial charge in [0.25, 0.3) is 0 Å². The normalized spacial score (nSPS) is 23.6. The van der Waals surface area contributed by atoms with Gasteiger partial charge in [0.05, 0.1) is 11.4 Å². The van der Waals surface area contributed by atoms with Gasteiger partial charge in [-0.2, -0.15) is 5.26 Å². The van der Waals surface area contributed by atoms with Gasteiger partial charge < -0.3 is 10.6 Å². The molecule has 2 heterocycles. The largest absolute Gasteiger partial charge is 0.382 e. The predicted molar refractivity (Wildman–Crippen MR) is 77.4 cm³/mol. The minimum atomic E-state index is 0.247. The molecule has 20 heavy (non-hydrogen) atoms. The highest BCUT2D eigenvalue weighted by Crippen LogP contribution is 2.54. The van der Waals surface area contributed by atoms with Crippen LogP contribution in [0.5, 0.6) is 0 Å². The molecule has 0 aromatic carbocycles. The van der Waals surface area contributed by atoms with Gasteiger partial charge in [-0.25, -0.2) is 4.98 Å². The number of aromatic nitrogens is 1. The second-order valence-electron chi connectivity index (χ2n) is 6.90. The highest BCUT2D eigenvalue weighted by atomic mass is 15.0. The number of hydrogen-bond acceptors (Lipinski definition) is 4. The number of rotatable bonds is 3. The molecule has 1 aliphatic heterocycles. The number of hydrogen-bond donors (Lipinski definition) is 2. The van der Waals surface area contributed by atoms with E-state index in [9.17, 15) is 5.26 Å². The summed E-state index contributed by atoms with van der Waals surface area (Å²) in [5.74, 6) is 0. The summed E-state index contributed by atoms with van der Waals surface area (Å²) in [4.78, 5) is 4.57. The molecule has 104 valence electrons. The lowest BCUT2D eigenvalue weighted by atomic mass is 9.78. The van der Waals surface area contributed by atoms with Crippen LogP contribution in [0.25, 0.3) is 0 Å². The minimum Gasteiger partial charge on any atom is -0.382 e. The van der Waals surface area contributed by atoms with Crippen molar-refractivity contribution in [2.75, 3.05) is 11.9 Å². The van der Waals surface area contributed by atoms with E-state index in [0.29, 0.717) is 11.2 Å². The SMILES string of the molecule is CC1(NCc2cc(C#N)nc3c2NCC32CC2)CCC1. The number of fused-ring (bicyclic) bond motifs is 2. The zero-order chi connectivity index (χ0) is 13.8. The number of nitrogens with one attached hydrogen (secondary N) is 2. The summed E-state index contributed by atoms with van der Waals surface area (Å²) in [6.45, 7) is 4.12. The van der Waals surface area contributed by atoms with Crippen molar-refractivity contribution in [2.24, 2.45) is 0 Å². The average molecular weight is 268 g/mol. The van der Waals surface area contributed by atoms with E-state index in [1.54, 1.807) is 0 Å². The van der Waals surface area contributed by atoms with E-state index in [1.807, 2.05) is 6.07 Å². The Bertz CT molecular complexity index is 606. The minimum absolute atomic E-state index is 0.247. The lowest BCUT2D eigenvalue weighted by Gasteiger charge is -2.39. The molecule has 1 aromatic rings. The molecule has 4 rings (SSSR count). The fourth-order valence-electron chi connectivity index (χ4n) is 3.47. The third-order valence-corrected chi connectivity index (χ3v) is 5.34. The smallest absolute Gasteiger partial charge is 0.141 e. The van der Waals surface area contributed by atoms with Crippen LogP contribution in [-0.4, -0.2) is 17.1 Å². The molecule has 1 spiro atoms. The van der Waals surface area contributed by atoms with Crippen LogP contribution in [0.3, 0.4) is 0 Å². The summed E-state index contributed by atoms with van der Waals surface area (Å²) < 4.78 is 0. The number of nitriles is 1. The van der Waals surface area contributed by atoms with Gasteiger partial charge in [0, 0.05) is 24.0 Å². The van der Waals surface area contributed by atoms with Gasteiger partial charge in [0.1, 0.15) is 11.8 Å². The Morgan fingerprint density at radius 2 is 2.20 bits per heavy atom. The molecule has 2 N–H and O–H groups in total. The Balaban J connectivity index is 1.65. The lowest BCUT2D eigenvalue weighted by Crippen LogP contribution is -2.47. The molecule has 0 amide bonds. The van der Waals surface area contributed by atoms with E-state index in [-0.39, 0.29) is 5.41 Å². The van der Waals surface area contributed by atoms with Gasteiger partial charge in [-0.05, 0) is 50.7 Å². The first-order valence-corrected chi connectivity index (χ1v) is 7.58. The summed E-state index contributed by atoms with van der Waals surface area (Å²) in [5, 5.41) is 16.4. The first-order valence-electron chi connectivity index (χ1n) is 7.58. The maximum absolute atomic E-state index is 9.22. The van der Waals surface area contributed by atoms with Crippen molar-refractivity contribution in [3.63, 3.8) is 0 Å². The standard InChI is InChI=1S/C16H20N4/c1-15(3-2-4-15)19-9-11-7-12(8-17)20-14-13(11)18-10-16(14)5-6-16/h7,18-19H,2-6,9-10H2,1H3. The average Bonchev–Trinajstić information content (AvgIpc) is 3.12. The van der Waals surface area contributed by atoms with E-state index >= 15 is 0 Å². The zero-order valence-electron chi connectivity index (χ0n) is 11.9. The molecule has 3 aliphatic rings. The Morgan fingerprint density at radius 1 is 1.40 bits per heavy atom. The quantitative estimate of drug-likeness (QED) is 0.884. The second-order valence-corrected chi connectivity index (χ2v) is 6.90. The molecule has 2 saturated carbocycles. The number of nitrogens with zero attached hydrogens (tertiary/aromatic N) is 2. The van der Waals surface area contributed by atoms with Crippen molar-refractivity contribution in [3.8, 4) is 6.07 Å². The topological polar surface area (TPSA) is 60.7 Å². The van der Waals surface area contributed by atoms with E-state index in [2.05, 4.69) is 28.6 Å². The first kappa shape index (κ1) is 12.2. The van der Waals surface area contributed by atoms with Gasteiger partial charge in [-0.1, -0.05) is 0 Å². The van der Waals surface area contributed by atoms with Gasteiger partial charge >= 0.3 is 0 Å². The molecule has 2 fully saturated rings. The van der Waals surface area contributed by atoms with Gasteiger partial charge in [0.2, 0.25) is 0 Å². The third kappa shape index (κ3) is 1.73. The van der Waals surface area contributed by atoms with Crippen molar-refractivity contribution in [1.82, 2.24) is 10.3 Å². The molecule has 0 atom stereocenters. The zero-order valence-corrected chi connectivity index (χ0v) is 11.9. The van der Waals surface area contributed by atoms with Crippen LogP contribution in [0.1, 0.15) is 56.0 Å². The Labute approximate surface area is 119 Å². The summed E-state index contributed by atoms with van der Waals surface area (Å²) in [5.41, 5.74) is 4.65. The molecule has 4 nitrogen and oxygen atoms in total. The lowest BCUT2D eigenvalue weighted by molar-refractivity contribution is 0.207. The Kier molecular flexibility index (Phi) is 2.41. The Hall–Kier alpha value is -1.60. The van der Waals surface area contributed by atoms with Crippen LogP contribution < -0.4 is 10.6 Å². The predicted octanol–water partition coefficient (Wildman–Crippen LogP) is 2.44. The maximum atomic E-state index is 9.22. The van der Waals surface area contributed by atoms with Crippen LogP contribution in [0.2, 0.25) is 0 Å². The Morgan fingerprint density at radius 3 is 2.80 bits per heavy atom. The fourth-order valence-corrected chi connectivity index (χ4v) is 3.47. The van der Waals surface area contributed by atoms with Gasteiger partial charge in [-0.3, -0.25) is 0 Å². The molecular formula is C16H20N4. The molecule has 0 saturated heterocycles. The van der Waals surface area contributed by atoms with Crippen molar-refractivity contribution in [1.29, 1.82) is 5.26 Å². The third-order valence-electron chi connectivity index (χ3n) is 5.34. The van der Waals surface area contributed by atoms with Crippen LogP contribution in [0, 0.1) is 11.3 Å². The molecule has 0 radical (unpaired) electrons. The van der Waals surface area contributed by atoms with Crippen LogP contribution in [0.4, 0.5) is 5.69 Å². The van der Waals surface area contributed by atoms with Crippen molar-refractivity contribution in [2.45, 2.75) is 56.5 Å². The first-order chi connectivity index (χ1) is 9.64. The van der Waals surface area contributed by atoms with Crippen LogP contribution in [0.15, 0.2) is 6.07 Å². The molecular weight excluding hydrogens is 248 g/mol. The van der Waals surface area contributed by atoms with Crippen LogP contribution in [-0.2, 0) is 12.0 Å². The summed E-state index contributed by atoms with van der Waals surface area (Å²) in [6, 6.07) is 4.17. The van der Waals surface area contributed by atoms with E-state index in [0.717, 1.165) is 18.8 Å². The van der Waals surface area contributed by atoms with E-state index < -0.39 is 0 Å². The number of anilines is 1. The molecule has 2 aliphatic carbocycles. The molecule has 0 unspecified atom stereocenters. The van der Waals surface area contributed by atoms with Gasteiger partial charge in [-0.15, -0.1) is 0 Å². The highest BCUT2D eigenvalue weighted by Gasteiger charge is 2.51.